The Labute approximate surface area is 74.7 Å². The number of rotatable bonds is 0. The maximum absolute atomic E-state index is 6.41. The lowest BCUT2D eigenvalue weighted by atomic mass is 9.48. The molecule has 2 atom stereocenters. The van der Waals surface area contributed by atoms with E-state index in [1.165, 1.54) is 38.5 Å². The fraction of sp³-hybridized carbons (Fsp3) is 1.00. The third-order valence-electron chi connectivity index (χ3n) is 4.40. The first-order valence-electron chi connectivity index (χ1n) is 5.36. The number of hydrogen-bond acceptors (Lipinski definition) is 1. The van der Waals surface area contributed by atoms with Crippen molar-refractivity contribution >= 4 is 0 Å². The molecule has 12 heavy (non-hydrogen) atoms. The first-order chi connectivity index (χ1) is 5.57. The van der Waals surface area contributed by atoms with E-state index in [0.717, 1.165) is 11.8 Å². The Morgan fingerprint density at radius 2 is 1.67 bits per heavy atom. The SMILES string of the molecule is C[C@]12CC3CC(C1)C[C@@](N)(C3)C2. The highest BCUT2D eigenvalue weighted by Crippen LogP contribution is 2.60. The molecule has 4 rings (SSSR count). The van der Waals surface area contributed by atoms with Crippen LogP contribution in [0.4, 0.5) is 0 Å². The van der Waals surface area contributed by atoms with Crippen molar-refractivity contribution in [1.82, 2.24) is 0 Å². The van der Waals surface area contributed by atoms with Crippen LogP contribution < -0.4 is 5.73 Å². The lowest BCUT2D eigenvalue weighted by Gasteiger charge is -2.60. The summed E-state index contributed by atoms with van der Waals surface area (Å²) >= 11 is 0. The van der Waals surface area contributed by atoms with E-state index in [2.05, 4.69) is 6.92 Å². The molecule has 1 nitrogen and oxygen atoms in total. The third kappa shape index (κ3) is 0.891. The molecular formula is C11H19N. The van der Waals surface area contributed by atoms with Crippen LogP contribution in [-0.2, 0) is 0 Å². The first kappa shape index (κ1) is 7.37. The summed E-state index contributed by atoms with van der Waals surface area (Å²) in [6, 6.07) is 0. The van der Waals surface area contributed by atoms with Crippen LogP contribution in [0, 0.1) is 17.3 Å². The van der Waals surface area contributed by atoms with Gasteiger partial charge in [-0.05, 0) is 55.8 Å². The van der Waals surface area contributed by atoms with Crippen molar-refractivity contribution in [2.75, 3.05) is 0 Å². The molecule has 0 aromatic rings. The van der Waals surface area contributed by atoms with Crippen LogP contribution in [0.1, 0.15) is 45.4 Å². The molecule has 0 spiro atoms. The van der Waals surface area contributed by atoms with Crippen LogP contribution in [0.5, 0.6) is 0 Å². The Morgan fingerprint density at radius 1 is 1.08 bits per heavy atom. The van der Waals surface area contributed by atoms with Gasteiger partial charge in [-0.25, -0.2) is 0 Å². The van der Waals surface area contributed by atoms with E-state index in [9.17, 15) is 0 Å². The Balaban J connectivity index is 1.98. The second kappa shape index (κ2) is 1.89. The summed E-state index contributed by atoms with van der Waals surface area (Å²) in [6.45, 7) is 2.46. The third-order valence-corrected chi connectivity index (χ3v) is 4.40. The minimum atomic E-state index is 0.263. The predicted octanol–water partition coefficient (Wildman–Crippen LogP) is 2.30. The Bertz CT molecular complexity index is 187. The Morgan fingerprint density at radius 3 is 2.08 bits per heavy atom. The maximum Gasteiger partial charge on any atom is 0.0164 e. The van der Waals surface area contributed by atoms with Gasteiger partial charge in [0.25, 0.3) is 0 Å². The minimum absolute atomic E-state index is 0.263. The monoisotopic (exact) mass is 165 g/mol. The molecule has 0 radical (unpaired) electrons. The largest absolute Gasteiger partial charge is 0.325 e. The summed E-state index contributed by atoms with van der Waals surface area (Å²) in [6.07, 6.45) is 8.42. The fourth-order valence-corrected chi connectivity index (χ4v) is 4.80. The minimum Gasteiger partial charge on any atom is -0.325 e. The average Bonchev–Trinajstić information content (AvgIpc) is 1.75. The molecule has 0 aromatic carbocycles. The topological polar surface area (TPSA) is 26.0 Å². The van der Waals surface area contributed by atoms with Gasteiger partial charge in [0.2, 0.25) is 0 Å². The molecule has 2 N–H and O–H groups in total. The molecule has 4 aliphatic carbocycles. The molecule has 0 saturated heterocycles. The average molecular weight is 165 g/mol. The van der Waals surface area contributed by atoms with Crippen LogP contribution in [0.3, 0.4) is 0 Å². The summed E-state index contributed by atoms with van der Waals surface area (Å²) in [5.41, 5.74) is 7.31. The lowest BCUT2D eigenvalue weighted by Crippen LogP contribution is -2.59. The highest BCUT2D eigenvalue weighted by atomic mass is 14.8. The summed E-state index contributed by atoms with van der Waals surface area (Å²) < 4.78 is 0. The molecule has 4 fully saturated rings. The van der Waals surface area contributed by atoms with Crippen LogP contribution in [-0.4, -0.2) is 5.54 Å². The van der Waals surface area contributed by atoms with Gasteiger partial charge in [-0.2, -0.15) is 0 Å². The maximum atomic E-state index is 6.41. The van der Waals surface area contributed by atoms with E-state index in [-0.39, 0.29) is 5.54 Å². The summed E-state index contributed by atoms with van der Waals surface area (Å²) in [4.78, 5) is 0. The van der Waals surface area contributed by atoms with Crippen LogP contribution >= 0.6 is 0 Å². The van der Waals surface area contributed by atoms with Crippen LogP contribution in [0.15, 0.2) is 0 Å². The molecule has 4 saturated carbocycles. The summed E-state index contributed by atoms with van der Waals surface area (Å²) in [5, 5.41) is 0. The van der Waals surface area contributed by atoms with Gasteiger partial charge in [0.1, 0.15) is 0 Å². The van der Waals surface area contributed by atoms with Crippen molar-refractivity contribution in [3.8, 4) is 0 Å². The first-order valence-corrected chi connectivity index (χ1v) is 5.36. The zero-order valence-electron chi connectivity index (χ0n) is 7.97. The highest BCUT2D eigenvalue weighted by molar-refractivity contribution is 5.08. The van der Waals surface area contributed by atoms with Gasteiger partial charge in [0.15, 0.2) is 0 Å². The molecule has 0 heterocycles. The number of hydrogen-bond donors (Lipinski definition) is 1. The zero-order valence-corrected chi connectivity index (χ0v) is 7.97. The predicted molar refractivity (Wildman–Crippen MR) is 49.7 cm³/mol. The Hall–Kier alpha value is -0.0400. The molecule has 0 aliphatic heterocycles. The second-order valence-corrected chi connectivity index (χ2v) is 6.13. The normalized spacial score (nSPS) is 62.5. The standard InChI is InChI=1S/C11H19N/c1-10-3-8-2-9(4-10)6-11(12,5-8)7-10/h8-9H,2-7,12H2,1H3/t8?,9?,10-,11-. The van der Waals surface area contributed by atoms with E-state index >= 15 is 0 Å². The summed E-state index contributed by atoms with van der Waals surface area (Å²) in [5.74, 6) is 1.97. The smallest absolute Gasteiger partial charge is 0.0164 e. The molecule has 0 amide bonds. The quantitative estimate of drug-likeness (QED) is 0.585. The van der Waals surface area contributed by atoms with Crippen molar-refractivity contribution in [1.29, 1.82) is 0 Å². The fourth-order valence-electron chi connectivity index (χ4n) is 4.80. The van der Waals surface area contributed by atoms with E-state index in [4.69, 9.17) is 5.73 Å². The van der Waals surface area contributed by atoms with Gasteiger partial charge in [0.05, 0.1) is 0 Å². The van der Waals surface area contributed by atoms with Gasteiger partial charge in [0, 0.05) is 5.54 Å². The molecule has 68 valence electrons. The van der Waals surface area contributed by atoms with E-state index < -0.39 is 0 Å². The summed E-state index contributed by atoms with van der Waals surface area (Å²) in [7, 11) is 0. The van der Waals surface area contributed by atoms with Gasteiger partial charge < -0.3 is 5.73 Å². The van der Waals surface area contributed by atoms with Gasteiger partial charge in [-0.3, -0.25) is 0 Å². The molecular weight excluding hydrogens is 146 g/mol. The molecule has 1 heteroatoms. The Kier molecular flexibility index (Phi) is 1.16. The highest BCUT2D eigenvalue weighted by Gasteiger charge is 2.53. The van der Waals surface area contributed by atoms with Crippen molar-refractivity contribution in [3.63, 3.8) is 0 Å². The zero-order chi connectivity index (χ0) is 8.40. The molecule has 4 bridgehead atoms. The second-order valence-electron chi connectivity index (χ2n) is 6.13. The van der Waals surface area contributed by atoms with Crippen molar-refractivity contribution < 1.29 is 0 Å². The van der Waals surface area contributed by atoms with Crippen LogP contribution in [0.2, 0.25) is 0 Å². The molecule has 4 aliphatic rings. The lowest BCUT2D eigenvalue weighted by molar-refractivity contribution is -0.0563. The number of nitrogens with two attached hydrogens (primary N) is 1. The van der Waals surface area contributed by atoms with Gasteiger partial charge >= 0.3 is 0 Å². The van der Waals surface area contributed by atoms with Crippen molar-refractivity contribution in [2.45, 2.75) is 51.0 Å². The van der Waals surface area contributed by atoms with E-state index in [0.29, 0.717) is 5.41 Å². The van der Waals surface area contributed by atoms with Crippen LogP contribution in [0.25, 0.3) is 0 Å². The van der Waals surface area contributed by atoms with E-state index in [1.807, 2.05) is 0 Å². The van der Waals surface area contributed by atoms with E-state index in [1.54, 1.807) is 0 Å². The van der Waals surface area contributed by atoms with Gasteiger partial charge in [-0.1, -0.05) is 6.92 Å². The molecule has 0 aromatic heterocycles. The van der Waals surface area contributed by atoms with Crippen molar-refractivity contribution in [2.24, 2.45) is 23.0 Å². The van der Waals surface area contributed by atoms with Gasteiger partial charge in [-0.15, -0.1) is 0 Å². The molecule has 2 unspecified atom stereocenters. The van der Waals surface area contributed by atoms with Crippen molar-refractivity contribution in [3.05, 3.63) is 0 Å².